The molecule has 1 aromatic rings. The number of hydrogen-bond acceptors (Lipinski definition) is 2. The van der Waals surface area contributed by atoms with Crippen LogP contribution >= 0.6 is 0 Å². The zero-order valence-corrected chi connectivity index (χ0v) is 10.5. The molecule has 1 aliphatic rings. The fraction of sp³-hybridized carbons (Fsp3) is 0.769. The van der Waals surface area contributed by atoms with E-state index in [4.69, 9.17) is 0 Å². The van der Waals surface area contributed by atoms with Gasteiger partial charge in [-0.3, -0.25) is 4.68 Å². The normalized spacial score (nSPS) is 17.6. The van der Waals surface area contributed by atoms with E-state index in [0.717, 1.165) is 6.42 Å². The first-order valence-electron chi connectivity index (χ1n) is 6.59. The molecule has 0 saturated heterocycles. The molecular formula is C13H23N3. The van der Waals surface area contributed by atoms with E-state index in [2.05, 4.69) is 23.4 Å². The highest BCUT2D eigenvalue weighted by atomic mass is 15.3. The van der Waals surface area contributed by atoms with Crippen LogP contribution in [-0.4, -0.2) is 15.8 Å². The second kappa shape index (κ2) is 5.37. The van der Waals surface area contributed by atoms with Gasteiger partial charge in [0.1, 0.15) is 5.82 Å². The van der Waals surface area contributed by atoms with E-state index in [1.807, 2.05) is 11.7 Å². The molecule has 0 bridgehead atoms. The lowest BCUT2D eigenvalue weighted by Crippen LogP contribution is -2.23. The van der Waals surface area contributed by atoms with Crippen LogP contribution in [-0.2, 0) is 13.5 Å². The highest BCUT2D eigenvalue weighted by Crippen LogP contribution is 2.22. The summed E-state index contributed by atoms with van der Waals surface area (Å²) in [7, 11) is 2.03. The number of nitrogens with zero attached hydrogens (tertiary/aromatic N) is 2. The molecule has 1 aromatic heterocycles. The third-order valence-electron chi connectivity index (χ3n) is 3.39. The molecule has 1 aliphatic carbocycles. The summed E-state index contributed by atoms with van der Waals surface area (Å²) in [6, 6.07) is 2.87. The smallest absolute Gasteiger partial charge is 0.124 e. The minimum atomic E-state index is 0.665. The molecule has 2 rings (SSSR count). The molecule has 0 spiro atoms. The first-order valence-corrected chi connectivity index (χ1v) is 6.59. The fourth-order valence-corrected chi connectivity index (χ4v) is 2.50. The highest BCUT2D eigenvalue weighted by molar-refractivity contribution is 5.38. The van der Waals surface area contributed by atoms with E-state index >= 15 is 0 Å². The first kappa shape index (κ1) is 11.5. The van der Waals surface area contributed by atoms with Gasteiger partial charge in [0.2, 0.25) is 0 Å². The van der Waals surface area contributed by atoms with Gasteiger partial charge in [-0.15, -0.1) is 0 Å². The van der Waals surface area contributed by atoms with Gasteiger partial charge in [0.05, 0.1) is 5.69 Å². The molecule has 0 atom stereocenters. The van der Waals surface area contributed by atoms with E-state index in [1.54, 1.807) is 0 Å². The number of hydrogen-bond donors (Lipinski definition) is 1. The van der Waals surface area contributed by atoms with Gasteiger partial charge < -0.3 is 5.32 Å². The molecule has 16 heavy (non-hydrogen) atoms. The standard InChI is InChI=1S/C13H23N3/c1-3-7-12-10-13(16(2)15-12)14-11-8-5-4-6-9-11/h10-11,14H,3-9H2,1-2H3. The molecule has 1 N–H and O–H groups in total. The van der Waals surface area contributed by atoms with Gasteiger partial charge >= 0.3 is 0 Å². The number of rotatable bonds is 4. The average Bonchev–Trinajstić information content (AvgIpc) is 2.61. The average molecular weight is 221 g/mol. The molecule has 0 amide bonds. The minimum Gasteiger partial charge on any atom is -0.368 e. The lowest BCUT2D eigenvalue weighted by Gasteiger charge is -2.23. The fourth-order valence-electron chi connectivity index (χ4n) is 2.50. The summed E-state index contributed by atoms with van der Waals surface area (Å²) in [5, 5.41) is 8.15. The van der Waals surface area contributed by atoms with Gasteiger partial charge in [0, 0.05) is 19.2 Å². The molecule has 1 saturated carbocycles. The van der Waals surface area contributed by atoms with E-state index < -0.39 is 0 Å². The number of aromatic nitrogens is 2. The van der Waals surface area contributed by atoms with Crippen LogP contribution in [0.1, 0.15) is 51.1 Å². The topological polar surface area (TPSA) is 29.9 Å². The van der Waals surface area contributed by atoms with Crippen molar-refractivity contribution in [2.75, 3.05) is 5.32 Å². The molecular weight excluding hydrogens is 198 g/mol. The lowest BCUT2D eigenvalue weighted by atomic mass is 9.95. The maximum absolute atomic E-state index is 4.52. The molecule has 1 fully saturated rings. The van der Waals surface area contributed by atoms with Crippen molar-refractivity contribution in [1.29, 1.82) is 0 Å². The minimum absolute atomic E-state index is 0.665. The zero-order chi connectivity index (χ0) is 11.4. The Morgan fingerprint density at radius 3 is 2.81 bits per heavy atom. The SMILES string of the molecule is CCCc1cc(NC2CCCCC2)n(C)n1. The van der Waals surface area contributed by atoms with Crippen LogP contribution in [0.4, 0.5) is 5.82 Å². The monoisotopic (exact) mass is 221 g/mol. The summed E-state index contributed by atoms with van der Waals surface area (Å²) in [5.41, 5.74) is 1.21. The Labute approximate surface area is 98.2 Å². The Bertz CT molecular complexity index is 324. The Kier molecular flexibility index (Phi) is 3.86. The van der Waals surface area contributed by atoms with E-state index in [0.29, 0.717) is 6.04 Å². The molecule has 3 heteroatoms. The van der Waals surface area contributed by atoms with Crippen LogP contribution in [0.15, 0.2) is 6.07 Å². The molecule has 0 radical (unpaired) electrons. The third kappa shape index (κ3) is 2.77. The van der Waals surface area contributed by atoms with Crippen molar-refractivity contribution in [3.8, 4) is 0 Å². The van der Waals surface area contributed by atoms with Crippen LogP contribution in [0, 0.1) is 0 Å². The van der Waals surface area contributed by atoms with Crippen molar-refractivity contribution in [2.45, 2.75) is 57.9 Å². The molecule has 0 aliphatic heterocycles. The zero-order valence-electron chi connectivity index (χ0n) is 10.5. The summed E-state index contributed by atoms with van der Waals surface area (Å²) < 4.78 is 1.99. The second-order valence-corrected chi connectivity index (χ2v) is 4.87. The predicted molar refractivity (Wildman–Crippen MR) is 67.7 cm³/mol. The largest absolute Gasteiger partial charge is 0.368 e. The molecule has 1 heterocycles. The van der Waals surface area contributed by atoms with Crippen molar-refractivity contribution in [1.82, 2.24) is 9.78 Å². The summed E-state index contributed by atoms with van der Waals surface area (Å²) in [6.45, 7) is 2.20. The van der Waals surface area contributed by atoms with Crippen molar-refractivity contribution in [2.24, 2.45) is 7.05 Å². The Balaban J connectivity index is 1.96. The van der Waals surface area contributed by atoms with Crippen LogP contribution in [0.25, 0.3) is 0 Å². The number of anilines is 1. The van der Waals surface area contributed by atoms with E-state index in [1.165, 1.54) is 50.0 Å². The number of aryl methyl sites for hydroxylation is 2. The summed E-state index contributed by atoms with van der Waals surface area (Å²) in [6.07, 6.45) is 9.03. The lowest BCUT2D eigenvalue weighted by molar-refractivity contribution is 0.460. The van der Waals surface area contributed by atoms with Gasteiger partial charge in [-0.2, -0.15) is 5.10 Å². The van der Waals surface area contributed by atoms with Crippen LogP contribution in [0.5, 0.6) is 0 Å². The van der Waals surface area contributed by atoms with Gasteiger partial charge in [0.25, 0.3) is 0 Å². The van der Waals surface area contributed by atoms with E-state index in [-0.39, 0.29) is 0 Å². The highest BCUT2D eigenvalue weighted by Gasteiger charge is 2.14. The molecule has 0 unspecified atom stereocenters. The van der Waals surface area contributed by atoms with Crippen molar-refractivity contribution < 1.29 is 0 Å². The Hall–Kier alpha value is -0.990. The summed E-state index contributed by atoms with van der Waals surface area (Å²) in [5.74, 6) is 1.19. The van der Waals surface area contributed by atoms with Crippen LogP contribution in [0.3, 0.4) is 0 Å². The molecule has 3 nitrogen and oxygen atoms in total. The molecule has 90 valence electrons. The summed E-state index contributed by atoms with van der Waals surface area (Å²) >= 11 is 0. The predicted octanol–water partition coefficient (Wildman–Crippen LogP) is 3.12. The third-order valence-corrected chi connectivity index (χ3v) is 3.39. The maximum atomic E-state index is 4.52. The van der Waals surface area contributed by atoms with Gasteiger partial charge in [-0.1, -0.05) is 32.6 Å². The van der Waals surface area contributed by atoms with Crippen molar-refractivity contribution in [3.05, 3.63) is 11.8 Å². The summed E-state index contributed by atoms with van der Waals surface area (Å²) in [4.78, 5) is 0. The van der Waals surface area contributed by atoms with Crippen molar-refractivity contribution in [3.63, 3.8) is 0 Å². The van der Waals surface area contributed by atoms with Gasteiger partial charge in [-0.05, 0) is 19.3 Å². The van der Waals surface area contributed by atoms with Gasteiger partial charge in [0.15, 0.2) is 0 Å². The number of nitrogens with one attached hydrogen (secondary N) is 1. The molecule has 0 aromatic carbocycles. The maximum Gasteiger partial charge on any atom is 0.124 e. The Morgan fingerprint density at radius 2 is 2.12 bits per heavy atom. The van der Waals surface area contributed by atoms with Crippen LogP contribution < -0.4 is 5.32 Å². The van der Waals surface area contributed by atoms with Crippen molar-refractivity contribution >= 4 is 5.82 Å². The van der Waals surface area contributed by atoms with Crippen LogP contribution in [0.2, 0.25) is 0 Å². The second-order valence-electron chi connectivity index (χ2n) is 4.87. The quantitative estimate of drug-likeness (QED) is 0.846. The van der Waals surface area contributed by atoms with E-state index in [9.17, 15) is 0 Å². The first-order chi connectivity index (χ1) is 7.79. The Morgan fingerprint density at radius 1 is 1.38 bits per heavy atom. The van der Waals surface area contributed by atoms with Gasteiger partial charge in [-0.25, -0.2) is 0 Å².